The van der Waals surface area contributed by atoms with E-state index in [4.69, 9.17) is 26.8 Å². The number of nitrogens with zero attached hydrogens (tertiary/aromatic N) is 1. The van der Waals surface area contributed by atoms with Crippen LogP contribution in [0.15, 0.2) is 12.3 Å². The summed E-state index contributed by atoms with van der Waals surface area (Å²) in [4.78, 5) is 14.9. The first-order chi connectivity index (χ1) is 9.19. The summed E-state index contributed by atoms with van der Waals surface area (Å²) < 4.78 is 10.8. The summed E-state index contributed by atoms with van der Waals surface area (Å²) in [6.45, 7) is 8.20. The number of rotatable bonds is 5. The highest BCUT2D eigenvalue weighted by Gasteiger charge is 2.22. The molecule has 1 aromatic heterocycles. The fourth-order valence-corrected chi connectivity index (χ4v) is 1.96. The molecule has 112 valence electrons. The van der Waals surface area contributed by atoms with Crippen LogP contribution in [0, 0.1) is 12.3 Å². The van der Waals surface area contributed by atoms with E-state index in [0.717, 1.165) is 5.56 Å². The second kappa shape index (κ2) is 6.79. The molecule has 0 bridgehead atoms. The molecule has 1 rings (SSSR count). The van der Waals surface area contributed by atoms with Crippen molar-refractivity contribution in [1.29, 1.82) is 0 Å². The fraction of sp³-hybridized carbons (Fsp3) is 0.571. The SMILES string of the molecule is Cc1c(OCC(CC(C)(C)C)OC(N)=O)ccnc1Cl. The lowest BCUT2D eigenvalue weighted by Gasteiger charge is -2.25. The maximum absolute atomic E-state index is 10.9. The summed E-state index contributed by atoms with van der Waals surface area (Å²) in [5.41, 5.74) is 5.83. The van der Waals surface area contributed by atoms with E-state index in [2.05, 4.69) is 25.8 Å². The van der Waals surface area contributed by atoms with Crippen LogP contribution in [0.3, 0.4) is 0 Å². The van der Waals surface area contributed by atoms with E-state index < -0.39 is 12.2 Å². The van der Waals surface area contributed by atoms with E-state index in [1.54, 1.807) is 12.3 Å². The van der Waals surface area contributed by atoms with Gasteiger partial charge in [-0.15, -0.1) is 0 Å². The zero-order chi connectivity index (χ0) is 15.3. The number of pyridine rings is 1. The minimum absolute atomic E-state index is 0.00555. The molecule has 1 amide bonds. The van der Waals surface area contributed by atoms with Gasteiger partial charge in [0.2, 0.25) is 0 Å². The number of hydrogen-bond acceptors (Lipinski definition) is 4. The number of hydrogen-bond donors (Lipinski definition) is 1. The summed E-state index contributed by atoms with van der Waals surface area (Å²) >= 11 is 5.92. The average molecular weight is 301 g/mol. The number of amides is 1. The lowest BCUT2D eigenvalue weighted by molar-refractivity contribution is 0.0462. The second-order valence-corrected chi connectivity index (χ2v) is 6.22. The van der Waals surface area contributed by atoms with Crippen molar-refractivity contribution < 1.29 is 14.3 Å². The molecular weight excluding hydrogens is 280 g/mol. The largest absolute Gasteiger partial charge is 0.489 e. The van der Waals surface area contributed by atoms with Crippen molar-refractivity contribution in [3.05, 3.63) is 23.0 Å². The maximum atomic E-state index is 10.9. The Bertz CT molecular complexity index is 472. The second-order valence-electron chi connectivity index (χ2n) is 5.86. The minimum Gasteiger partial charge on any atom is -0.489 e. The third-order valence-electron chi connectivity index (χ3n) is 2.64. The molecule has 0 fully saturated rings. The van der Waals surface area contributed by atoms with E-state index in [1.807, 2.05) is 6.92 Å². The normalized spacial score (nSPS) is 12.8. The van der Waals surface area contributed by atoms with Crippen molar-refractivity contribution in [3.63, 3.8) is 0 Å². The molecule has 1 heterocycles. The molecule has 0 saturated carbocycles. The van der Waals surface area contributed by atoms with Crippen molar-refractivity contribution in [3.8, 4) is 5.75 Å². The molecule has 0 aliphatic carbocycles. The highest BCUT2D eigenvalue weighted by atomic mass is 35.5. The Hall–Kier alpha value is -1.49. The van der Waals surface area contributed by atoms with Crippen molar-refractivity contribution in [2.75, 3.05) is 6.61 Å². The predicted molar refractivity (Wildman–Crippen MR) is 78.0 cm³/mol. The van der Waals surface area contributed by atoms with Crippen molar-refractivity contribution in [2.45, 2.75) is 40.2 Å². The molecule has 0 saturated heterocycles. The highest BCUT2D eigenvalue weighted by Crippen LogP contribution is 2.26. The quantitative estimate of drug-likeness (QED) is 0.846. The van der Waals surface area contributed by atoms with Crippen LogP contribution < -0.4 is 10.5 Å². The van der Waals surface area contributed by atoms with Crippen LogP contribution in [0.1, 0.15) is 32.8 Å². The van der Waals surface area contributed by atoms with Gasteiger partial charge >= 0.3 is 6.09 Å². The van der Waals surface area contributed by atoms with Gasteiger partial charge < -0.3 is 15.2 Å². The molecule has 0 aliphatic rings. The van der Waals surface area contributed by atoms with Gasteiger partial charge in [0.1, 0.15) is 23.6 Å². The number of carbonyl (C=O) groups is 1. The first-order valence-corrected chi connectivity index (χ1v) is 6.77. The van der Waals surface area contributed by atoms with E-state index in [0.29, 0.717) is 17.3 Å². The number of ether oxygens (including phenoxy) is 2. The highest BCUT2D eigenvalue weighted by molar-refractivity contribution is 6.30. The number of carbonyl (C=O) groups excluding carboxylic acids is 1. The van der Waals surface area contributed by atoms with Crippen molar-refractivity contribution >= 4 is 17.7 Å². The monoisotopic (exact) mass is 300 g/mol. The molecule has 5 nitrogen and oxygen atoms in total. The minimum atomic E-state index is -0.799. The molecule has 1 unspecified atom stereocenters. The Labute approximate surface area is 124 Å². The first kappa shape index (κ1) is 16.6. The van der Waals surface area contributed by atoms with E-state index in [-0.39, 0.29) is 12.0 Å². The van der Waals surface area contributed by atoms with Gasteiger partial charge in [0, 0.05) is 11.8 Å². The molecule has 6 heteroatoms. The molecule has 0 radical (unpaired) electrons. The van der Waals surface area contributed by atoms with Gasteiger partial charge in [0.15, 0.2) is 0 Å². The van der Waals surface area contributed by atoms with Crippen LogP contribution in [0.25, 0.3) is 0 Å². The van der Waals surface area contributed by atoms with Gasteiger partial charge in [-0.1, -0.05) is 32.4 Å². The lowest BCUT2D eigenvalue weighted by Crippen LogP contribution is -2.31. The third-order valence-corrected chi connectivity index (χ3v) is 3.02. The summed E-state index contributed by atoms with van der Waals surface area (Å²) in [5, 5.41) is 0.394. The van der Waals surface area contributed by atoms with E-state index >= 15 is 0 Å². The molecule has 20 heavy (non-hydrogen) atoms. The topological polar surface area (TPSA) is 74.4 Å². The summed E-state index contributed by atoms with van der Waals surface area (Å²) in [7, 11) is 0. The van der Waals surface area contributed by atoms with E-state index in [1.165, 1.54) is 0 Å². The third kappa shape index (κ3) is 5.65. The van der Waals surface area contributed by atoms with Crippen LogP contribution in [-0.2, 0) is 4.74 Å². The maximum Gasteiger partial charge on any atom is 0.404 e. The first-order valence-electron chi connectivity index (χ1n) is 6.39. The van der Waals surface area contributed by atoms with Crippen LogP contribution in [-0.4, -0.2) is 23.8 Å². The van der Waals surface area contributed by atoms with Gasteiger partial charge in [0.05, 0.1) is 0 Å². The Kier molecular flexibility index (Phi) is 5.62. The molecule has 0 spiro atoms. The fourth-order valence-electron chi connectivity index (χ4n) is 1.81. The summed E-state index contributed by atoms with van der Waals surface area (Å²) in [5.74, 6) is 0.622. The molecule has 0 aromatic carbocycles. The molecular formula is C14H21ClN2O3. The van der Waals surface area contributed by atoms with Crippen LogP contribution in [0.5, 0.6) is 5.75 Å². The molecule has 2 N–H and O–H groups in total. The molecule has 0 aliphatic heterocycles. The van der Waals surface area contributed by atoms with Crippen LogP contribution in [0.4, 0.5) is 4.79 Å². The van der Waals surface area contributed by atoms with Gasteiger partial charge in [-0.25, -0.2) is 9.78 Å². The van der Waals surface area contributed by atoms with E-state index in [9.17, 15) is 4.79 Å². The van der Waals surface area contributed by atoms with Gasteiger partial charge in [-0.3, -0.25) is 0 Å². The smallest absolute Gasteiger partial charge is 0.404 e. The van der Waals surface area contributed by atoms with Gasteiger partial charge in [-0.05, 0) is 24.8 Å². The Morgan fingerprint density at radius 2 is 2.15 bits per heavy atom. The average Bonchev–Trinajstić information content (AvgIpc) is 2.28. The lowest BCUT2D eigenvalue weighted by atomic mass is 9.89. The van der Waals surface area contributed by atoms with Crippen molar-refractivity contribution in [1.82, 2.24) is 4.98 Å². The molecule has 1 aromatic rings. The number of aromatic nitrogens is 1. The van der Waals surface area contributed by atoms with Gasteiger partial charge in [0.25, 0.3) is 0 Å². The number of nitrogens with two attached hydrogens (primary N) is 1. The van der Waals surface area contributed by atoms with Crippen molar-refractivity contribution in [2.24, 2.45) is 11.1 Å². The summed E-state index contributed by atoms with van der Waals surface area (Å²) in [6.07, 6.45) is 1.01. The van der Waals surface area contributed by atoms with Crippen LogP contribution >= 0.6 is 11.6 Å². The number of halogens is 1. The Morgan fingerprint density at radius 1 is 1.50 bits per heavy atom. The number of primary amides is 1. The Morgan fingerprint density at radius 3 is 2.70 bits per heavy atom. The molecule has 1 atom stereocenters. The predicted octanol–water partition coefficient (Wildman–Crippen LogP) is 3.32. The van der Waals surface area contributed by atoms with Crippen LogP contribution in [0.2, 0.25) is 5.15 Å². The zero-order valence-corrected chi connectivity index (χ0v) is 13.0. The Balaban J connectivity index is 2.70. The van der Waals surface area contributed by atoms with Gasteiger partial charge in [-0.2, -0.15) is 0 Å². The summed E-state index contributed by atoms with van der Waals surface area (Å²) in [6, 6.07) is 1.72. The standard InChI is InChI=1S/C14H21ClN2O3/c1-9-11(5-6-17-12(9)15)19-8-10(20-13(16)18)7-14(2,3)4/h5-6,10H,7-8H2,1-4H3,(H2,16,18). The zero-order valence-electron chi connectivity index (χ0n) is 12.3.